The largest absolute Gasteiger partial charge is 0.495 e. The number of amides is 4. The Bertz CT molecular complexity index is 6350. The molecule has 13 aromatic rings. The van der Waals surface area contributed by atoms with Gasteiger partial charge in [-0.2, -0.15) is 9.78 Å². The second kappa shape index (κ2) is 41.2. The molecule has 4 amide bonds. The SMILES string of the molecule is CC(C)Oc1cc2c(cc1Nc1cc(NC(=O)C3CC3)ncn1)C=NC2.COc1cc2c(cc1Nc1cc(N)ncn1)C=NC2.COc1cc2c(cc1Nc1cc(NC(=O)c3ccccc3)ncn1)C=NC2.COc1cc2c(cc1Nc1cc(NC(=O)c3ccccn3)ncn1)C=NC2.COc1cc2c(cnn2C(=O)C2CCCCC2)cc1Nc1cc(NC(=O)C2CC2)ncn1. The minimum atomic E-state index is -0.341. The number of anilines is 15. The maximum Gasteiger partial charge on any atom is 0.275 e. The van der Waals surface area contributed by atoms with Crippen LogP contribution in [0.25, 0.3) is 10.9 Å². The van der Waals surface area contributed by atoms with Gasteiger partial charge in [-0.3, -0.25) is 48.9 Å². The van der Waals surface area contributed by atoms with Crippen molar-refractivity contribution in [3.63, 3.8) is 0 Å². The molecule has 3 saturated carbocycles. The second-order valence-corrected chi connectivity index (χ2v) is 31.3. The lowest BCUT2D eigenvalue weighted by Crippen LogP contribution is -2.24. The van der Waals surface area contributed by atoms with Crippen molar-refractivity contribution in [3.8, 4) is 28.7 Å². The first-order chi connectivity index (χ1) is 63.9. The molecule has 0 atom stereocenters. The van der Waals surface area contributed by atoms with E-state index < -0.39 is 0 Å². The number of fused-ring (bicyclic) bond motifs is 5. The van der Waals surface area contributed by atoms with Gasteiger partial charge < -0.3 is 77.3 Å². The number of ether oxygens (including phenoxy) is 5. The van der Waals surface area contributed by atoms with Gasteiger partial charge >= 0.3 is 0 Å². The van der Waals surface area contributed by atoms with E-state index in [4.69, 9.17) is 29.4 Å². The number of aliphatic imine (C=N–C) groups is 4. The Hall–Kier alpha value is -16.6. The summed E-state index contributed by atoms with van der Waals surface area (Å²) in [5.41, 5.74) is 19.8. The van der Waals surface area contributed by atoms with Gasteiger partial charge in [-0.1, -0.05) is 43.5 Å². The zero-order chi connectivity index (χ0) is 90.7. The number of nitrogen functional groups attached to an aromatic ring is 1. The third-order valence-corrected chi connectivity index (χ3v) is 21.5. The lowest BCUT2D eigenvalue weighted by molar-refractivity contribution is -0.118. The molecule has 11 N–H and O–H groups in total. The molecule has 6 aromatic carbocycles. The normalized spacial score (nSPS) is 13.7. The first-order valence-corrected chi connectivity index (χ1v) is 42.4. The molecular formula is C94H93N27O10. The summed E-state index contributed by atoms with van der Waals surface area (Å²) in [5, 5.41) is 32.4. The first kappa shape index (κ1) is 87.8. The van der Waals surface area contributed by atoms with Gasteiger partial charge in [0, 0.05) is 96.2 Å². The molecule has 664 valence electrons. The fraction of sp³-hybridized carbons (Fsp3) is 0.245. The number of carbonyl (C=O) groups is 5. The van der Waals surface area contributed by atoms with Gasteiger partial charge in [-0.15, -0.1) is 0 Å². The minimum absolute atomic E-state index is 0.0105. The molecule has 11 heterocycles. The van der Waals surface area contributed by atoms with Gasteiger partial charge in [0.15, 0.2) is 0 Å². The van der Waals surface area contributed by atoms with Crippen LogP contribution >= 0.6 is 0 Å². The van der Waals surface area contributed by atoms with E-state index in [0.717, 1.165) is 141 Å². The number of hydrogen-bond acceptors (Lipinski definition) is 32. The smallest absolute Gasteiger partial charge is 0.275 e. The van der Waals surface area contributed by atoms with Crippen LogP contribution in [-0.2, 0) is 35.8 Å². The Morgan fingerprint density at radius 1 is 0.382 bits per heavy atom. The Kier molecular flexibility index (Phi) is 27.6. The zero-order valence-corrected chi connectivity index (χ0v) is 72.4. The number of nitrogens with zero attached hydrogens (tertiary/aromatic N) is 17. The van der Waals surface area contributed by atoms with E-state index in [1.54, 1.807) is 101 Å². The van der Waals surface area contributed by atoms with Crippen molar-refractivity contribution in [1.29, 1.82) is 0 Å². The number of rotatable bonds is 25. The van der Waals surface area contributed by atoms with Gasteiger partial charge in [0.05, 0.1) is 101 Å². The molecule has 0 radical (unpaired) electrons. The number of carbonyl (C=O) groups excluding carboxylic acids is 5. The Labute approximate surface area is 752 Å². The van der Waals surface area contributed by atoms with Crippen LogP contribution in [0.3, 0.4) is 0 Å². The van der Waals surface area contributed by atoms with Gasteiger partial charge in [0.1, 0.15) is 124 Å². The van der Waals surface area contributed by atoms with Crippen molar-refractivity contribution in [1.82, 2.24) is 64.6 Å². The molecule has 7 aliphatic rings. The molecule has 37 nitrogen and oxygen atoms in total. The molecule has 0 unspecified atom stereocenters. The number of hydrogen-bond donors (Lipinski definition) is 10. The number of methoxy groups -OCH3 is 4. The van der Waals surface area contributed by atoms with Crippen LogP contribution in [0.2, 0.25) is 0 Å². The monoisotopic (exact) mass is 1760 g/mol. The average Bonchev–Trinajstić information content (AvgIpc) is 1.66. The van der Waals surface area contributed by atoms with Crippen LogP contribution in [0, 0.1) is 17.8 Å². The van der Waals surface area contributed by atoms with Crippen molar-refractivity contribution in [3.05, 3.63) is 239 Å². The molecule has 20 rings (SSSR count). The van der Waals surface area contributed by atoms with Crippen molar-refractivity contribution < 1.29 is 47.7 Å². The van der Waals surface area contributed by atoms with Gasteiger partial charge in [-0.05, 0) is 176 Å². The van der Waals surface area contributed by atoms with Gasteiger partial charge in [-0.25, -0.2) is 49.8 Å². The van der Waals surface area contributed by atoms with E-state index in [-0.39, 0.29) is 53.4 Å². The van der Waals surface area contributed by atoms with E-state index in [1.807, 2.05) is 118 Å². The molecule has 0 spiro atoms. The van der Waals surface area contributed by atoms with E-state index in [9.17, 15) is 24.0 Å². The maximum absolute atomic E-state index is 13.0. The standard InChI is InChI=1S/C23H26N6O3.C20H17N5O2.C19H16N6O2.C19H21N5O2.C13H13N5O/c1-32-19-10-18-16(12-26-29(18)23(31)15-5-3-2-4-6-15)9-17(19)27-20-11-21(25-13-24-20)28-22(30)14-7-8-14;1-27-17-8-15-11-21-10-14(15)7-16(17)24-18-9-19(23-12-22-18)25-20(26)13-5-3-2-4-6-13;1-27-16-7-13-10-20-9-12(13)6-15(16)24-17-8-18(23-11-22-17)25-19(26)14-4-2-3-5-21-14;1-11(2)26-16-6-14-9-20-8-13(14)5-15(16)23-17-7-18(22-10-21-17)24-19(25)12-3-4-12;1-19-11-3-9-6-15-5-8(9)2-10(11)18-13-4-12(14)16-7-17-13/h9-15H,2-8H2,1H3,(H2,24,25,27,28,30);2-10,12H,11H2,1H3,(H2,22,23,24,25,26);2-9,11H,10H2,1H3,(H2,22,23,24,25,26);5-8,10-12H,3-4,9H2,1-2H3,(H2,21,22,23,24,25);2-5,7H,6H2,1H3,(H3,14,16,17,18). The molecular weight excluding hydrogens is 1670 g/mol. The number of aromatic nitrogens is 13. The highest BCUT2D eigenvalue weighted by molar-refractivity contribution is 6.05. The molecule has 0 saturated heterocycles. The Morgan fingerprint density at radius 3 is 1.18 bits per heavy atom. The maximum atomic E-state index is 13.0. The van der Waals surface area contributed by atoms with Crippen molar-refractivity contribution >= 4 is 152 Å². The molecule has 3 aliphatic carbocycles. The lowest BCUT2D eigenvalue weighted by Gasteiger charge is -2.20. The molecule has 0 bridgehead atoms. The van der Waals surface area contributed by atoms with E-state index in [1.165, 1.54) is 42.7 Å². The quantitative estimate of drug-likeness (QED) is 0.0254. The van der Waals surface area contributed by atoms with E-state index in [0.29, 0.717) is 119 Å². The van der Waals surface area contributed by atoms with Crippen LogP contribution in [-0.4, -0.2) is 154 Å². The number of nitrogens with two attached hydrogens (primary N) is 1. The lowest BCUT2D eigenvalue weighted by atomic mass is 9.89. The first-order valence-electron chi connectivity index (χ1n) is 42.4. The Balaban J connectivity index is 0.000000121. The summed E-state index contributed by atoms with van der Waals surface area (Å²) in [5.74, 6) is 8.14. The predicted molar refractivity (Wildman–Crippen MR) is 500 cm³/mol. The summed E-state index contributed by atoms with van der Waals surface area (Å²) >= 11 is 0. The summed E-state index contributed by atoms with van der Waals surface area (Å²) in [6, 6.07) is 42.0. The van der Waals surface area contributed by atoms with Crippen LogP contribution in [0.15, 0.2) is 204 Å². The predicted octanol–water partition coefficient (Wildman–Crippen LogP) is 15.4. The van der Waals surface area contributed by atoms with Crippen LogP contribution in [0.4, 0.5) is 86.6 Å². The summed E-state index contributed by atoms with van der Waals surface area (Å²) in [7, 11) is 6.45. The molecule has 3 fully saturated rings. The minimum Gasteiger partial charge on any atom is -0.495 e. The van der Waals surface area contributed by atoms with Gasteiger partial charge in [0.2, 0.25) is 11.8 Å². The molecule has 4 aliphatic heterocycles. The highest BCUT2D eigenvalue weighted by Gasteiger charge is 2.32. The van der Waals surface area contributed by atoms with E-state index >= 15 is 0 Å². The van der Waals surface area contributed by atoms with Gasteiger partial charge in [0.25, 0.3) is 17.7 Å². The zero-order valence-electron chi connectivity index (χ0n) is 72.4. The fourth-order valence-electron chi connectivity index (χ4n) is 14.5. The summed E-state index contributed by atoms with van der Waals surface area (Å²) in [6.45, 7) is 6.67. The summed E-state index contributed by atoms with van der Waals surface area (Å²) < 4.78 is 29.3. The number of pyridine rings is 1. The third-order valence-electron chi connectivity index (χ3n) is 21.5. The van der Waals surface area contributed by atoms with Crippen molar-refractivity contribution in [2.75, 3.05) is 82.0 Å². The molecule has 7 aromatic heterocycles. The van der Waals surface area contributed by atoms with Crippen molar-refractivity contribution in [2.45, 2.75) is 104 Å². The average molecular weight is 1760 g/mol. The van der Waals surface area contributed by atoms with Crippen LogP contribution in [0.5, 0.6) is 28.7 Å². The highest BCUT2D eigenvalue weighted by Crippen LogP contribution is 2.40. The number of benzene rings is 6. The fourth-order valence-corrected chi connectivity index (χ4v) is 14.5. The van der Waals surface area contributed by atoms with Crippen LogP contribution < -0.4 is 77.3 Å². The number of nitrogens with one attached hydrogen (secondary N) is 9. The van der Waals surface area contributed by atoms with E-state index in [2.05, 4.69) is 128 Å². The molecule has 37 heteroatoms. The topological polar surface area (TPSA) is 475 Å². The van der Waals surface area contributed by atoms with Crippen molar-refractivity contribution in [2.24, 2.45) is 37.7 Å². The summed E-state index contributed by atoms with van der Waals surface area (Å²) in [6.07, 6.45) is 26.7. The second-order valence-electron chi connectivity index (χ2n) is 31.3. The van der Waals surface area contributed by atoms with Crippen LogP contribution in [0.1, 0.15) is 142 Å². The molecule has 131 heavy (non-hydrogen) atoms. The Morgan fingerprint density at radius 2 is 0.763 bits per heavy atom. The highest BCUT2D eigenvalue weighted by atomic mass is 16.5. The third kappa shape index (κ3) is 22.8. The summed E-state index contributed by atoms with van der Waals surface area (Å²) in [4.78, 5) is 124.